The summed E-state index contributed by atoms with van der Waals surface area (Å²) in [5.74, 6) is 0. The van der Waals surface area contributed by atoms with Gasteiger partial charge in [-0.05, 0) is 24.1 Å². The van der Waals surface area contributed by atoms with Gasteiger partial charge in [0.15, 0.2) is 0 Å². The Morgan fingerprint density at radius 2 is 2.00 bits per heavy atom. The number of aromatic nitrogens is 1. The number of hydrogen-bond acceptors (Lipinski definition) is 6. The van der Waals surface area contributed by atoms with Crippen LogP contribution in [0.4, 0.5) is 4.79 Å². The number of carbonyl (C=O) groups excluding carboxylic acids is 2. The first-order valence-corrected chi connectivity index (χ1v) is 9.86. The van der Waals surface area contributed by atoms with Crippen LogP contribution in [0.5, 0.6) is 0 Å². The van der Waals surface area contributed by atoms with Crippen molar-refractivity contribution >= 4 is 23.0 Å². The lowest BCUT2D eigenvalue weighted by Gasteiger charge is -2.27. The monoisotopic (exact) mass is 398 g/mol. The molecule has 0 unspecified atom stereocenters. The number of benzene rings is 1. The van der Waals surface area contributed by atoms with E-state index in [1.54, 1.807) is 36.7 Å². The van der Waals surface area contributed by atoms with E-state index in [4.69, 9.17) is 4.74 Å². The molecular formula is C21H22N2O4S. The number of rotatable bonds is 6. The standard InChI is InChI=1S/C21H22N2O4S/c1-2-12-27-21(26)23-14-17(28-20(25)16-6-4-3-5-7-16)13-18(23)19(24)15-8-10-22-11-9-15/h2-11,17-19,24H,1,12-14H2/t17-,18-,19+/m0/s1. The number of thioether (sulfide) groups is 1. The van der Waals surface area contributed by atoms with Crippen molar-refractivity contribution in [3.05, 3.63) is 78.6 Å². The zero-order valence-electron chi connectivity index (χ0n) is 15.3. The van der Waals surface area contributed by atoms with E-state index in [9.17, 15) is 14.7 Å². The Bertz CT molecular complexity index is 816. The van der Waals surface area contributed by atoms with Crippen LogP contribution >= 0.6 is 11.8 Å². The van der Waals surface area contributed by atoms with Gasteiger partial charge in [-0.15, -0.1) is 0 Å². The Balaban J connectivity index is 1.75. The Morgan fingerprint density at radius 3 is 2.68 bits per heavy atom. The molecule has 1 saturated heterocycles. The van der Waals surface area contributed by atoms with Crippen molar-refractivity contribution in [2.75, 3.05) is 13.2 Å². The van der Waals surface area contributed by atoms with Gasteiger partial charge in [-0.25, -0.2) is 4.79 Å². The van der Waals surface area contributed by atoms with E-state index < -0.39 is 18.2 Å². The van der Waals surface area contributed by atoms with Crippen LogP contribution in [0.2, 0.25) is 0 Å². The van der Waals surface area contributed by atoms with Crippen LogP contribution in [0, 0.1) is 0 Å². The second-order valence-corrected chi connectivity index (χ2v) is 7.71. The normalized spacial score (nSPS) is 19.8. The summed E-state index contributed by atoms with van der Waals surface area (Å²) in [5, 5.41) is 10.7. The molecule has 6 nitrogen and oxygen atoms in total. The molecule has 146 valence electrons. The molecule has 1 fully saturated rings. The van der Waals surface area contributed by atoms with Gasteiger partial charge in [-0.1, -0.05) is 54.7 Å². The van der Waals surface area contributed by atoms with Gasteiger partial charge in [-0.2, -0.15) is 0 Å². The minimum absolute atomic E-state index is 0.0518. The van der Waals surface area contributed by atoms with E-state index >= 15 is 0 Å². The third kappa shape index (κ3) is 4.79. The molecule has 0 spiro atoms. The maximum absolute atomic E-state index is 12.5. The predicted octanol–water partition coefficient (Wildman–Crippen LogP) is 3.45. The number of ether oxygens (including phenoxy) is 1. The Kier molecular flexibility index (Phi) is 6.84. The minimum atomic E-state index is -0.892. The lowest BCUT2D eigenvalue weighted by Crippen LogP contribution is -2.39. The fourth-order valence-corrected chi connectivity index (χ4v) is 4.31. The summed E-state index contributed by atoms with van der Waals surface area (Å²) in [5.41, 5.74) is 1.29. The molecule has 1 amide bonds. The van der Waals surface area contributed by atoms with Crippen molar-refractivity contribution in [2.45, 2.75) is 23.8 Å². The van der Waals surface area contributed by atoms with Crippen LogP contribution in [0.25, 0.3) is 0 Å². The molecule has 1 aromatic carbocycles. The van der Waals surface area contributed by atoms with Crippen molar-refractivity contribution in [1.29, 1.82) is 0 Å². The molecule has 0 aliphatic carbocycles. The predicted molar refractivity (Wildman–Crippen MR) is 108 cm³/mol. The largest absolute Gasteiger partial charge is 0.445 e. The van der Waals surface area contributed by atoms with Crippen LogP contribution in [0.1, 0.15) is 28.4 Å². The number of nitrogens with zero attached hydrogens (tertiary/aromatic N) is 2. The molecular weight excluding hydrogens is 376 g/mol. The highest BCUT2D eigenvalue weighted by Crippen LogP contribution is 2.36. The van der Waals surface area contributed by atoms with Gasteiger partial charge >= 0.3 is 6.09 Å². The molecule has 3 atom stereocenters. The summed E-state index contributed by atoms with van der Waals surface area (Å²) in [6.07, 6.45) is 3.76. The van der Waals surface area contributed by atoms with Crippen molar-refractivity contribution in [3.63, 3.8) is 0 Å². The average Bonchev–Trinajstić information content (AvgIpc) is 3.16. The van der Waals surface area contributed by atoms with Crippen molar-refractivity contribution in [2.24, 2.45) is 0 Å². The van der Waals surface area contributed by atoms with E-state index in [1.165, 1.54) is 22.7 Å². The lowest BCUT2D eigenvalue weighted by molar-refractivity contribution is 0.0551. The van der Waals surface area contributed by atoms with Gasteiger partial charge in [0.2, 0.25) is 5.12 Å². The smallest absolute Gasteiger partial charge is 0.410 e. The van der Waals surface area contributed by atoms with Gasteiger partial charge < -0.3 is 14.7 Å². The topological polar surface area (TPSA) is 79.7 Å². The van der Waals surface area contributed by atoms with E-state index in [-0.39, 0.29) is 17.0 Å². The summed E-state index contributed by atoms with van der Waals surface area (Å²) in [4.78, 5) is 30.5. The van der Waals surface area contributed by atoms with Crippen LogP contribution in [0.3, 0.4) is 0 Å². The second-order valence-electron chi connectivity index (χ2n) is 6.44. The summed E-state index contributed by atoms with van der Waals surface area (Å²) in [6, 6.07) is 12.0. The maximum atomic E-state index is 12.5. The molecule has 0 radical (unpaired) electrons. The molecule has 0 bridgehead atoms. The molecule has 1 aromatic heterocycles. The quantitative estimate of drug-likeness (QED) is 0.751. The number of aliphatic hydroxyl groups is 1. The molecule has 0 saturated carbocycles. The zero-order chi connectivity index (χ0) is 19.9. The third-order valence-corrected chi connectivity index (χ3v) is 5.68. The minimum Gasteiger partial charge on any atom is -0.445 e. The van der Waals surface area contributed by atoms with E-state index in [2.05, 4.69) is 11.6 Å². The molecule has 3 rings (SSSR count). The second kappa shape index (κ2) is 9.52. The summed E-state index contributed by atoms with van der Waals surface area (Å²) >= 11 is 1.19. The number of aliphatic hydroxyl groups excluding tert-OH is 1. The van der Waals surface area contributed by atoms with Gasteiger partial charge in [-0.3, -0.25) is 9.78 Å². The van der Waals surface area contributed by atoms with E-state index in [0.29, 0.717) is 24.1 Å². The lowest BCUT2D eigenvalue weighted by atomic mass is 10.0. The van der Waals surface area contributed by atoms with Crippen molar-refractivity contribution in [1.82, 2.24) is 9.88 Å². The highest BCUT2D eigenvalue weighted by Gasteiger charge is 2.41. The first-order valence-electron chi connectivity index (χ1n) is 8.98. The first-order chi connectivity index (χ1) is 13.6. The first kappa shape index (κ1) is 20.1. The molecule has 1 N–H and O–H groups in total. The highest BCUT2D eigenvalue weighted by atomic mass is 32.2. The van der Waals surface area contributed by atoms with Gasteiger partial charge in [0.25, 0.3) is 0 Å². The van der Waals surface area contributed by atoms with E-state index in [0.717, 1.165) is 0 Å². The van der Waals surface area contributed by atoms with Gasteiger partial charge in [0.05, 0.1) is 12.1 Å². The maximum Gasteiger partial charge on any atom is 0.410 e. The van der Waals surface area contributed by atoms with Crippen molar-refractivity contribution in [3.8, 4) is 0 Å². The third-order valence-electron chi connectivity index (χ3n) is 4.56. The Hall–Kier alpha value is -2.64. The van der Waals surface area contributed by atoms with Crippen LogP contribution in [-0.2, 0) is 4.74 Å². The number of pyridine rings is 1. The summed E-state index contributed by atoms with van der Waals surface area (Å²) in [7, 11) is 0. The molecule has 2 aromatic rings. The van der Waals surface area contributed by atoms with Gasteiger partial charge in [0.1, 0.15) is 6.61 Å². The average molecular weight is 398 g/mol. The number of hydrogen-bond donors (Lipinski definition) is 1. The number of amides is 1. The Morgan fingerprint density at radius 1 is 1.29 bits per heavy atom. The zero-order valence-corrected chi connectivity index (χ0v) is 16.1. The van der Waals surface area contributed by atoms with Crippen molar-refractivity contribution < 1.29 is 19.4 Å². The molecule has 2 heterocycles. The van der Waals surface area contributed by atoms with Crippen LogP contribution in [0.15, 0.2) is 67.5 Å². The Labute approximate surface area is 168 Å². The van der Waals surface area contributed by atoms with Gasteiger partial charge in [0, 0.05) is 29.8 Å². The molecule has 1 aliphatic rings. The summed E-state index contributed by atoms with van der Waals surface area (Å²) < 4.78 is 5.18. The van der Waals surface area contributed by atoms with Crippen LogP contribution < -0.4 is 0 Å². The van der Waals surface area contributed by atoms with Crippen LogP contribution in [-0.4, -0.2) is 50.6 Å². The number of likely N-dealkylation sites (tertiary alicyclic amines) is 1. The fraction of sp³-hybridized carbons (Fsp3) is 0.286. The summed E-state index contributed by atoms with van der Waals surface area (Å²) in [6.45, 7) is 3.96. The fourth-order valence-electron chi connectivity index (χ4n) is 3.21. The highest BCUT2D eigenvalue weighted by molar-refractivity contribution is 8.14. The molecule has 1 aliphatic heterocycles. The molecule has 7 heteroatoms. The van der Waals surface area contributed by atoms with E-state index in [1.807, 2.05) is 18.2 Å². The molecule has 28 heavy (non-hydrogen) atoms. The number of carbonyl (C=O) groups is 2. The SMILES string of the molecule is C=CCOC(=O)N1C[C@@H](SC(=O)c2ccccc2)C[C@H]1[C@H](O)c1ccncc1.